The van der Waals surface area contributed by atoms with Crippen LogP contribution < -0.4 is 0 Å². The van der Waals surface area contributed by atoms with Gasteiger partial charge in [-0.3, -0.25) is 24.0 Å². The van der Waals surface area contributed by atoms with E-state index in [0.717, 1.165) is 12.5 Å². The van der Waals surface area contributed by atoms with Gasteiger partial charge in [-0.05, 0) is 36.3 Å². The van der Waals surface area contributed by atoms with Crippen molar-refractivity contribution in [2.75, 3.05) is 6.61 Å². The van der Waals surface area contributed by atoms with Crippen molar-refractivity contribution in [2.45, 2.75) is 104 Å². The lowest BCUT2D eigenvalue weighted by atomic mass is 9.33. The fourth-order valence-corrected chi connectivity index (χ4v) is 10.8. The second-order valence-electron chi connectivity index (χ2n) is 15.2. The highest BCUT2D eigenvalue weighted by Crippen LogP contribution is 2.75. The van der Waals surface area contributed by atoms with Gasteiger partial charge in [-0.15, -0.1) is 0 Å². The Morgan fingerprint density at radius 3 is 2.22 bits per heavy atom. The molecule has 0 amide bonds. The van der Waals surface area contributed by atoms with Gasteiger partial charge >= 0.3 is 17.9 Å². The van der Waals surface area contributed by atoms with E-state index in [2.05, 4.69) is 0 Å². The molecule has 1 aromatic rings. The summed E-state index contributed by atoms with van der Waals surface area (Å²) in [5.41, 5.74) is -4.40. The Kier molecular flexibility index (Phi) is 7.65. The molecule has 4 aliphatic carbocycles. The van der Waals surface area contributed by atoms with Crippen LogP contribution in [0.25, 0.3) is 0 Å². The summed E-state index contributed by atoms with van der Waals surface area (Å²) in [7, 11) is 0. The molecule has 6 rings (SSSR count). The molecular formula is C34H44O12. The van der Waals surface area contributed by atoms with E-state index < -0.39 is 93.9 Å². The highest BCUT2D eigenvalue weighted by Gasteiger charge is 2.82. The Hall–Kier alpha value is -3.09. The van der Waals surface area contributed by atoms with Crippen LogP contribution in [0.1, 0.15) is 79.2 Å². The maximum Gasteiger partial charge on any atom is 0.310 e. The van der Waals surface area contributed by atoms with Crippen molar-refractivity contribution in [2.24, 2.45) is 45.3 Å². The third kappa shape index (κ3) is 4.18. The number of Topliss-reactive ketones (excluding diaryl/α,β-unsaturated/α-hetero) is 2. The van der Waals surface area contributed by atoms with Gasteiger partial charge in [0.2, 0.25) is 6.29 Å². The smallest absolute Gasteiger partial charge is 0.310 e. The van der Waals surface area contributed by atoms with Gasteiger partial charge in [0.15, 0.2) is 12.2 Å². The summed E-state index contributed by atoms with van der Waals surface area (Å²) in [5.74, 6) is -6.02. The van der Waals surface area contributed by atoms with E-state index in [4.69, 9.17) is 23.4 Å². The fraction of sp³-hybridized carbons (Fsp3) is 0.735. The molecule has 0 spiro atoms. The Morgan fingerprint density at radius 2 is 1.63 bits per heavy atom. The normalized spacial score (nSPS) is 46.2. The lowest BCUT2D eigenvalue weighted by Crippen LogP contribution is -2.82. The number of hydrogen-bond donors (Lipinski definition) is 2. The Balaban J connectivity index is 1.55. The van der Waals surface area contributed by atoms with Crippen LogP contribution in [0.4, 0.5) is 0 Å². The van der Waals surface area contributed by atoms with Crippen LogP contribution in [-0.4, -0.2) is 77.0 Å². The molecule has 4 saturated carbocycles. The number of esters is 3. The molecule has 1 aromatic heterocycles. The molecule has 5 fully saturated rings. The maximum atomic E-state index is 14.8. The number of carbonyl (C=O) groups is 5. The molecule has 46 heavy (non-hydrogen) atoms. The van der Waals surface area contributed by atoms with Crippen LogP contribution in [0.2, 0.25) is 0 Å². The molecule has 0 radical (unpaired) electrons. The number of fused-ring (bicyclic) bond motifs is 3. The van der Waals surface area contributed by atoms with Crippen molar-refractivity contribution < 1.29 is 57.6 Å². The predicted octanol–water partition coefficient (Wildman–Crippen LogP) is 2.72. The molecule has 2 N–H and O–H groups in total. The molecule has 252 valence electrons. The SMILES string of the molecule is CC(=O)OC1C(OC(C)=O)C2(C)C(OC(=O)C(C)C)OCC3(C1O)C2CC(O)C1(C)C2C(=O)CC(c4ccoc4)C2(C)CC(=O)C13. The summed E-state index contributed by atoms with van der Waals surface area (Å²) in [6.07, 6.45) is -3.77. The lowest BCUT2D eigenvalue weighted by molar-refractivity contribution is -0.387. The maximum absolute atomic E-state index is 14.8. The quantitative estimate of drug-likeness (QED) is 0.355. The van der Waals surface area contributed by atoms with Gasteiger partial charge in [-0.25, -0.2) is 0 Å². The molecular weight excluding hydrogens is 600 g/mol. The molecule has 1 saturated heterocycles. The monoisotopic (exact) mass is 644 g/mol. The van der Waals surface area contributed by atoms with Crippen molar-refractivity contribution in [3.05, 3.63) is 24.2 Å². The van der Waals surface area contributed by atoms with E-state index in [-0.39, 0.29) is 43.4 Å². The van der Waals surface area contributed by atoms with E-state index in [1.807, 2.05) is 6.92 Å². The van der Waals surface area contributed by atoms with Crippen LogP contribution in [-0.2, 0) is 42.9 Å². The van der Waals surface area contributed by atoms with Crippen LogP contribution >= 0.6 is 0 Å². The fourth-order valence-electron chi connectivity index (χ4n) is 10.8. The first kappa shape index (κ1) is 32.8. The van der Waals surface area contributed by atoms with E-state index in [0.29, 0.717) is 0 Å². The van der Waals surface area contributed by atoms with Crippen molar-refractivity contribution >= 4 is 29.5 Å². The van der Waals surface area contributed by atoms with Gasteiger partial charge < -0.3 is 33.6 Å². The van der Waals surface area contributed by atoms with E-state index in [9.17, 15) is 34.2 Å². The number of hydrogen-bond acceptors (Lipinski definition) is 12. The molecule has 13 atom stereocenters. The number of rotatable bonds is 5. The number of aliphatic hydroxyl groups is 2. The third-order valence-corrected chi connectivity index (χ3v) is 12.4. The zero-order valence-corrected chi connectivity index (χ0v) is 27.3. The standard InChI is InChI=1S/C34H44O12/c1-15(2)29(41)46-30-32(6)22-11-23(39)33(7)25-20(37)10-19(18-8-9-42-13-18)31(25,5)12-21(38)26(33)34(22,14-43-30)27(40)24(44-16(3)35)28(32)45-17(4)36/h8-9,13,15,19,22-28,30,39-40H,10-12,14H2,1-7H3. The van der Waals surface area contributed by atoms with E-state index in [1.165, 1.54) is 13.2 Å². The zero-order valence-electron chi connectivity index (χ0n) is 27.3. The van der Waals surface area contributed by atoms with Gasteiger partial charge in [0, 0.05) is 55.3 Å². The first-order chi connectivity index (χ1) is 21.4. The minimum Gasteiger partial charge on any atom is -0.472 e. The van der Waals surface area contributed by atoms with Crippen LogP contribution in [0.3, 0.4) is 0 Å². The second-order valence-corrected chi connectivity index (χ2v) is 15.2. The predicted molar refractivity (Wildman–Crippen MR) is 156 cm³/mol. The number of furan rings is 1. The topological polar surface area (TPSA) is 176 Å². The Bertz CT molecular complexity index is 1450. The van der Waals surface area contributed by atoms with Crippen LogP contribution in [0.5, 0.6) is 0 Å². The molecule has 12 nitrogen and oxygen atoms in total. The summed E-state index contributed by atoms with van der Waals surface area (Å²) in [6.45, 7) is 10.6. The van der Waals surface area contributed by atoms with Crippen molar-refractivity contribution in [3.63, 3.8) is 0 Å². The van der Waals surface area contributed by atoms with Gasteiger partial charge in [0.1, 0.15) is 17.7 Å². The summed E-state index contributed by atoms with van der Waals surface area (Å²) in [6, 6.07) is 1.79. The average molecular weight is 645 g/mol. The van der Waals surface area contributed by atoms with Gasteiger partial charge in [0.05, 0.1) is 36.6 Å². The largest absolute Gasteiger partial charge is 0.472 e. The second kappa shape index (κ2) is 10.7. The number of ketones is 2. The summed E-state index contributed by atoms with van der Waals surface area (Å²) in [5, 5.41) is 24.7. The summed E-state index contributed by atoms with van der Waals surface area (Å²) >= 11 is 0. The molecule has 2 bridgehead atoms. The number of aliphatic hydroxyl groups excluding tert-OH is 2. The minimum absolute atomic E-state index is 0.0124. The molecule has 1 aliphatic heterocycles. The van der Waals surface area contributed by atoms with E-state index >= 15 is 0 Å². The third-order valence-electron chi connectivity index (χ3n) is 12.4. The molecule has 2 heterocycles. The van der Waals surface area contributed by atoms with Gasteiger partial charge in [0.25, 0.3) is 0 Å². The molecule has 13 unspecified atom stereocenters. The molecule has 12 heteroatoms. The Morgan fingerprint density at radius 1 is 0.957 bits per heavy atom. The summed E-state index contributed by atoms with van der Waals surface area (Å²) in [4.78, 5) is 66.9. The van der Waals surface area contributed by atoms with Crippen LogP contribution in [0, 0.1) is 45.3 Å². The summed E-state index contributed by atoms with van der Waals surface area (Å²) < 4.78 is 29.0. The van der Waals surface area contributed by atoms with Crippen molar-refractivity contribution in [3.8, 4) is 0 Å². The lowest BCUT2D eigenvalue weighted by Gasteiger charge is -2.73. The highest BCUT2D eigenvalue weighted by atomic mass is 16.7. The first-order valence-electron chi connectivity index (χ1n) is 16.1. The highest BCUT2D eigenvalue weighted by molar-refractivity contribution is 5.94. The van der Waals surface area contributed by atoms with Crippen LogP contribution in [0.15, 0.2) is 23.0 Å². The first-order valence-corrected chi connectivity index (χ1v) is 16.1. The Labute approximate surface area is 267 Å². The van der Waals surface area contributed by atoms with Crippen molar-refractivity contribution in [1.29, 1.82) is 0 Å². The van der Waals surface area contributed by atoms with E-state index in [1.54, 1.807) is 40.0 Å². The van der Waals surface area contributed by atoms with Gasteiger partial charge in [-0.1, -0.05) is 27.7 Å². The molecule has 5 aliphatic rings. The van der Waals surface area contributed by atoms with Gasteiger partial charge in [-0.2, -0.15) is 0 Å². The number of ether oxygens (including phenoxy) is 4. The average Bonchev–Trinajstić information content (AvgIpc) is 3.57. The van der Waals surface area contributed by atoms with Crippen molar-refractivity contribution in [1.82, 2.24) is 0 Å². The minimum atomic E-state index is -1.60. The molecule has 0 aromatic carbocycles. The zero-order chi connectivity index (χ0) is 33.7. The number of carbonyl (C=O) groups excluding carboxylic acids is 5.